The molecule has 0 bridgehead atoms. The second-order valence-electron chi connectivity index (χ2n) is 6.00. The number of aromatic nitrogens is 5. The SMILES string of the molecule is CCOc1ccc(-c2csc3ncn([C@H](C)c4nc(N)n[nH]4)c(=O)c23)cc1. The molecule has 0 amide bonds. The van der Waals surface area contributed by atoms with E-state index in [-0.39, 0.29) is 17.5 Å². The number of aromatic amines is 1. The first-order valence-electron chi connectivity index (χ1n) is 8.47. The van der Waals surface area contributed by atoms with Crippen LogP contribution in [0, 0.1) is 0 Å². The van der Waals surface area contributed by atoms with Crippen molar-refractivity contribution in [2.75, 3.05) is 12.3 Å². The second kappa shape index (κ2) is 6.84. The summed E-state index contributed by atoms with van der Waals surface area (Å²) in [6, 6.07) is 7.33. The summed E-state index contributed by atoms with van der Waals surface area (Å²) in [6.07, 6.45) is 1.53. The molecule has 4 rings (SSSR count). The Bertz CT molecular complexity index is 1140. The topological polar surface area (TPSA) is 112 Å². The Hall–Kier alpha value is -3.20. The van der Waals surface area contributed by atoms with Crippen LogP contribution in [0.25, 0.3) is 21.3 Å². The number of anilines is 1. The lowest BCUT2D eigenvalue weighted by Crippen LogP contribution is -2.25. The van der Waals surface area contributed by atoms with Gasteiger partial charge in [0, 0.05) is 10.9 Å². The maximum Gasteiger partial charge on any atom is 0.263 e. The van der Waals surface area contributed by atoms with Crippen LogP contribution in [-0.2, 0) is 0 Å². The largest absolute Gasteiger partial charge is 0.494 e. The van der Waals surface area contributed by atoms with Crippen molar-refractivity contribution in [2.24, 2.45) is 0 Å². The molecule has 0 fully saturated rings. The number of ether oxygens (including phenoxy) is 1. The van der Waals surface area contributed by atoms with Gasteiger partial charge in [0.05, 0.1) is 24.4 Å². The average Bonchev–Trinajstić information content (AvgIpc) is 3.29. The van der Waals surface area contributed by atoms with Gasteiger partial charge in [-0.15, -0.1) is 16.4 Å². The van der Waals surface area contributed by atoms with E-state index >= 15 is 0 Å². The molecule has 0 spiro atoms. The first-order valence-corrected chi connectivity index (χ1v) is 9.35. The van der Waals surface area contributed by atoms with E-state index in [1.165, 1.54) is 22.2 Å². The van der Waals surface area contributed by atoms with E-state index in [0.717, 1.165) is 16.9 Å². The van der Waals surface area contributed by atoms with E-state index in [1.54, 1.807) is 0 Å². The minimum Gasteiger partial charge on any atom is -0.494 e. The number of fused-ring (bicyclic) bond motifs is 1. The fourth-order valence-corrected chi connectivity index (χ4v) is 3.84. The number of nitrogens with zero attached hydrogens (tertiary/aromatic N) is 4. The number of hydrogen-bond donors (Lipinski definition) is 2. The summed E-state index contributed by atoms with van der Waals surface area (Å²) in [5.74, 6) is 1.45. The predicted molar refractivity (Wildman–Crippen MR) is 105 cm³/mol. The Labute approximate surface area is 158 Å². The number of rotatable bonds is 5. The van der Waals surface area contributed by atoms with Crippen molar-refractivity contribution in [2.45, 2.75) is 19.9 Å². The Kier molecular flexibility index (Phi) is 4.36. The third kappa shape index (κ3) is 3.06. The minimum atomic E-state index is -0.368. The van der Waals surface area contributed by atoms with Crippen LogP contribution in [0.3, 0.4) is 0 Å². The molecule has 0 saturated carbocycles. The van der Waals surface area contributed by atoms with Gasteiger partial charge in [0.2, 0.25) is 5.95 Å². The highest BCUT2D eigenvalue weighted by Gasteiger charge is 2.18. The maximum atomic E-state index is 13.2. The molecule has 0 aliphatic rings. The van der Waals surface area contributed by atoms with Crippen molar-refractivity contribution in [1.29, 1.82) is 0 Å². The van der Waals surface area contributed by atoms with E-state index < -0.39 is 0 Å². The fourth-order valence-electron chi connectivity index (χ4n) is 2.94. The van der Waals surface area contributed by atoms with E-state index in [9.17, 15) is 4.79 Å². The van der Waals surface area contributed by atoms with Crippen LogP contribution in [0.1, 0.15) is 25.7 Å². The smallest absolute Gasteiger partial charge is 0.263 e. The standard InChI is InChI=1S/C18H18N6O2S/c1-3-26-12-6-4-11(5-7-12)13-8-27-16-14(13)17(25)24(9-20-16)10(2)15-21-18(19)23-22-15/h4-10H,3H2,1-2H3,(H3,19,21,22,23)/t10-/m1/s1. The van der Waals surface area contributed by atoms with E-state index in [0.29, 0.717) is 22.6 Å². The van der Waals surface area contributed by atoms with Crippen molar-refractivity contribution in [3.63, 3.8) is 0 Å². The molecule has 138 valence electrons. The highest BCUT2D eigenvalue weighted by molar-refractivity contribution is 7.17. The number of benzene rings is 1. The minimum absolute atomic E-state index is 0.132. The summed E-state index contributed by atoms with van der Waals surface area (Å²) in [7, 11) is 0. The molecule has 0 aliphatic carbocycles. The Morgan fingerprint density at radius 3 is 2.78 bits per heavy atom. The molecular formula is C18H18N6O2S. The quantitative estimate of drug-likeness (QED) is 0.549. The molecule has 3 N–H and O–H groups in total. The van der Waals surface area contributed by atoms with Crippen molar-refractivity contribution in [3.8, 4) is 16.9 Å². The molecule has 4 aromatic rings. The first kappa shape index (κ1) is 17.2. The van der Waals surface area contributed by atoms with Gasteiger partial charge in [0.15, 0.2) is 0 Å². The van der Waals surface area contributed by atoms with Crippen LogP contribution in [0.2, 0.25) is 0 Å². The fraction of sp³-hybridized carbons (Fsp3) is 0.222. The van der Waals surface area contributed by atoms with Crippen LogP contribution in [-0.4, -0.2) is 31.3 Å². The molecule has 3 aromatic heterocycles. The number of nitrogen functional groups attached to an aromatic ring is 1. The monoisotopic (exact) mass is 382 g/mol. The van der Waals surface area contributed by atoms with Crippen molar-refractivity contribution >= 4 is 27.5 Å². The number of thiophene rings is 1. The zero-order valence-corrected chi connectivity index (χ0v) is 15.7. The van der Waals surface area contributed by atoms with Gasteiger partial charge < -0.3 is 10.5 Å². The summed E-state index contributed by atoms with van der Waals surface area (Å²) in [5, 5.41) is 9.13. The second-order valence-corrected chi connectivity index (χ2v) is 6.86. The average molecular weight is 382 g/mol. The highest BCUT2D eigenvalue weighted by atomic mass is 32.1. The van der Waals surface area contributed by atoms with Crippen LogP contribution < -0.4 is 16.0 Å². The first-order chi connectivity index (χ1) is 13.1. The molecule has 27 heavy (non-hydrogen) atoms. The van der Waals surface area contributed by atoms with Crippen LogP contribution in [0.5, 0.6) is 5.75 Å². The zero-order valence-electron chi connectivity index (χ0n) is 14.8. The summed E-state index contributed by atoms with van der Waals surface area (Å²) in [6.45, 7) is 4.40. The number of hydrogen-bond acceptors (Lipinski definition) is 7. The lowest BCUT2D eigenvalue weighted by Gasteiger charge is -2.12. The Morgan fingerprint density at radius 2 is 2.11 bits per heavy atom. The summed E-state index contributed by atoms with van der Waals surface area (Å²) in [4.78, 5) is 22.5. The predicted octanol–water partition coefficient (Wildman–Crippen LogP) is 2.83. The van der Waals surface area contributed by atoms with E-state index in [2.05, 4.69) is 20.2 Å². The summed E-state index contributed by atoms with van der Waals surface area (Å²) < 4.78 is 7.02. The van der Waals surface area contributed by atoms with Crippen molar-refractivity contribution in [1.82, 2.24) is 24.7 Å². The third-order valence-electron chi connectivity index (χ3n) is 4.33. The zero-order chi connectivity index (χ0) is 19.0. The molecule has 0 saturated heterocycles. The van der Waals surface area contributed by atoms with Gasteiger partial charge >= 0.3 is 0 Å². The molecule has 1 aromatic carbocycles. The van der Waals surface area contributed by atoms with Gasteiger partial charge in [-0.1, -0.05) is 12.1 Å². The van der Waals surface area contributed by atoms with Gasteiger partial charge in [-0.2, -0.15) is 4.98 Å². The lowest BCUT2D eigenvalue weighted by molar-refractivity contribution is 0.340. The molecule has 0 unspecified atom stereocenters. The van der Waals surface area contributed by atoms with Gasteiger partial charge in [0.25, 0.3) is 5.56 Å². The highest BCUT2D eigenvalue weighted by Crippen LogP contribution is 2.32. The van der Waals surface area contributed by atoms with Crippen molar-refractivity contribution in [3.05, 3.63) is 52.2 Å². The molecule has 1 atom stereocenters. The van der Waals surface area contributed by atoms with Crippen molar-refractivity contribution < 1.29 is 4.74 Å². The Morgan fingerprint density at radius 1 is 1.33 bits per heavy atom. The van der Waals surface area contributed by atoms with Crippen LogP contribution in [0.4, 0.5) is 5.95 Å². The van der Waals surface area contributed by atoms with E-state index in [4.69, 9.17) is 10.5 Å². The summed E-state index contributed by atoms with van der Waals surface area (Å²) in [5.41, 5.74) is 7.24. The molecule has 8 nitrogen and oxygen atoms in total. The van der Waals surface area contributed by atoms with E-state index in [1.807, 2.05) is 43.5 Å². The molecule has 3 heterocycles. The van der Waals surface area contributed by atoms with Gasteiger partial charge in [-0.25, -0.2) is 4.98 Å². The van der Waals surface area contributed by atoms with Gasteiger partial charge in [0.1, 0.15) is 16.4 Å². The van der Waals surface area contributed by atoms with Crippen LogP contribution >= 0.6 is 11.3 Å². The third-order valence-corrected chi connectivity index (χ3v) is 5.22. The Balaban J connectivity index is 1.80. The normalized spacial score (nSPS) is 12.4. The molecular weight excluding hydrogens is 364 g/mol. The van der Waals surface area contributed by atoms with Crippen LogP contribution in [0.15, 0.2) is 40.8 Å². The summed E-state index contributed by atoms with van der Waals surface area (Å²) >= 11 is 1.45. The lowest BCUT2D eigenvalue weighted by atomic mass is 10.1. The molecule has 0 radical (unpaired) electrons. The maximum absolute atomic E-state index is 13.2. The number of nitrogens with one attached hydrogen (secondary N) is 1. The molecule has 0 aliphatic heterocycles. The van der Waals surface area contributed by atoms with Gasteiger partial charge in [-0.05, 0) is 31.5 Å². The number of nitrogens with two attached hydrogens (primary N) is 1. The van der Waals surface area contributed by atoms with Gasteiger partial charge in [-0.3, -0.25) is 14.5 Å². The molecule has 9 heteroatoms. The number of H-pyrrole nitrogens is 1.